The van der Waals surface area contributed by atoms with Crippen LogP contribution in [0, 0.1) is 0 Å². The Bertz CT molecular complexity index is 130. The molecule has 0 radical (unpaired) electrons. The zero-order chi connectivity index (χ0) is 7.19. The first-order chi connectivity index (χ1) is 4.70. The third-order valence-electron chi connectivity index (χ3n) is 2.66. The quantitative estimate of drug-likeness (QED) is 0.519. The van der Waals surface area contributed by atoms with E-state index in [1.54, 1.807) is 0 Å². The van der Waals surface area contributed by atoms with Gasteiger partial charge in [-0.2, -0.15) is 0 Å². The number of aliphatic hydroxyl groups excluding tert-OH is 1. The highest BCUT2D eigenvalue weighted by atomic mass is 16.3. The minimum absolute atomic E-state index is 0.0428. The van der Waals surface area contributed by atoms with Crippen LogP contribution in [0.2, 0.25) is 0 Å². The lowest BCUT2D eigenvalue weighted by Gasteiger charge is -2.32. The average Bonchev–Trinajstić information content (AvgIpc) is 2.44. The van der Waals surface area contributed by atoms with Gasteiger partial charge in [0, 0.05) is 11.6 Å². The summed E-state index contributed by atoms with van der Waals surface area (Å²) >= 11 is 0. The van der Waals surface area contributed by atoms with E-state index in [1.165, 1.54) is 12.8 Å². The minimum atomic E-state index is -0.0428. The van der Waals surface area contributed by atoms with Crippen LogP contribution < -0.4 is 5.32 Å². The monoisotopic (exact) mass is 141 g/mol. The molecule has 1 saturated heterocycles. The number of rotatable bonds is 0. The predicted molar refractivity (Wildman–Crippen MR) is 39.8 cm³/mol. The highest BCUT2D eigenvalue weighted by molar-refractivity contribution is 5.07. The molecule has 2 fully saturated rings. The Balaban J connectivity index is 2.00. The van der Waals surface area contributed by atoms with Crippen LogP contribution in [0.5, 0.6) is 0 Å². The van der Waals surface area contributed by atoms with Gasteiger partial charge >= 0.3 is 0 Å². The summed E-state index contributed by atoms with van der Waals surface area (Å²) in [6.45, 7) is 2.16. The molecule has 0 aromatic carbocycles. The highest BCUT2D eigenvalue weighted by Crippen LogP contribution is 2.43. The van der Waals surface area contributed by atoms with E-state index in [1.807, 2.05) is 0 Å². The van der Waals surface area contributed by atoms with E-state index in [4.69, 9.17) is 0 Å². The van der Waals surface area contributed by atoms with Crippen LogP contribution in [0.25, 0.3) is 0 Å². The summed E-state index contributed by atoms with van der Waals surface area (Å²) < 4.78 is 0. The lowest BCUT2D eigenvalue weighted by atomic mass is 9.95. The lowest BCUT2D eigenvalue weighted by molar-refractivity contribution is 0.0911. The van der Waals surface area contributed by atoms with Crippen molar-refractivity contribution in [3.05, 3.63) is 0 Å². The SMILES string of the molecule is C[C@H]1C[C@H](O)CC2(CC2)N1. The molecular formula is C8H15NO. The molecule has 2 atom stereocenters. The second kappa shape index (κ2) is 1.95. The summed E-state index contributed by atoms with van der Waals surface area (Å²) in [5, 5.41) is 13.0. The Kier molecular flexibility index (Phi) is 1.29. The zero-order valence-corrected chi connectivity index (χ0v) is 6.43. The molecular weight excluding hydrogens is 126 g/mol. The zero-order valence-electron chi connectivity index (χ0n) is 6.43. The van der Waals surface area contributed by atoms with Crippen LogP contribution in [0.15, 0.2) is 0 Å². The number of nitrogens with one attached hydrogen (secondary N) is 1. The second-order valence-electron chi connectivity index (χ2n) is 3.92. The van der Waals surface area contributed by atoms with Crippen molar-refractivity contribution in [3.63, 3.8) is 0 Å². The summed E-state index contributed by atoms with van der Waals surface area (Å²) in [6, 6.07) is 0.520. The number of aliphatic hydroxyl groups is 1. The Morgan fingerprint density at radius 2 is 2.20 bits per heavy atom. The fourth-order valence-corrected chi connectivity index (χ4v) is 2.08. The first-order valence-electron chi connectivity index (χ1n) is 4.16. The molecule has 1 saturated carbocycles. The third-order valence-corrected chi connectivity index (χ3v) is 2.66. The van der Waals surface area contributed by atoms with Gasteiger partial charge in [0.15, 0.2) is 0 Å². The molecule has 0 amide bonds. The van der Waals surface area contributed by atoms with Crippen molar-refractivity contribution in [1.29, 1.82) is 0 Å². The number of hydrogen-bond acceptors (Lipinski definition) is 2. The van der Waals surface area contributed by atoms with Crippen molar-refractivity contribution in [2.45, 2.75) is 50.3 Å². The van der Waals surface area contributed by atoms with E-state index in [-0.39, 0.29) is 6.10 Å². The molecule has 0 bridgehead atoms. The molecule has 1 heterocycles. The smallest absolute Gasteiger partial charge is 0.0572 e. The van der Waals surface area contributed by atoms with Crippen molar-refractivity contribution in [3.8, 4) is 0 Å². The van der Waals surface area contributed by atoms with Crippen LogP contribution in [0.4, 0.5) is 0 Å². The standard InChI is InChI=1S/C8H15NO/c1-6-4-7(10)5-8(9-6)2-3-8/h6-7,9-10H,2-5H2,1H3/t6-,7-/m0/s1. The topological polar surface area (TPSA) is 32.3 Å². The van der Waals surface area contributed by atoms with Crippen molar-refractivity contribution in [2.75, 3.05) is 0 Å². The molecule has 10 heavy (non-hydrogen) atoms. The summed E-state index contributed by atoms with van der Waals surface area (Å²) in [6.07, 6.45) is 4.42. The van der Waals surface area contributed by atoms with Gasteiger partial charge in [0.25, 0.3) is 0 Å². The summed E-state index contributed by atoms with van der Waals surface area (Å²) in [7, 11) is 0. The number of piperidine rings is 1. The Morgan fingerprint density at radius 1 is 1.50 bits per heavy atom. The van der Waals surface area contributed by atoms with Crippen LogP contribution in [-0.4, -0.2) is 22.8 Å². The van der Waals surface area contributed by atoms with Crippen molar-refractivity contribution >= 4 is 0 Å². The van der Waals surface area contributed by atoms with E-state index >= 15 is 0 Å². The van der Waals surface area contributed by atoms with Gasteiger partial charge in [-0.3, -0.25) is 0 Å². The van der Waals surface area contributed by atoms with E-state index in [0.29, 0.717) is 11.6 Å². The molecule has 0 aromatic rings. The Morgan fingerprint density at radius 3 is 2.70 bits per heavy atom. The van der Waals surface area contributed by atoms with Gasteiger partial charge in [-0.25, -0.2) is 0 Å². The minimum Gasteiger partial charge on any atom is -0.393 e. The van der Waals surface area contributed by atoms with Crippen LogP contribution in [0.3, 0.4) is 0 Å². The molecule has 1 spiro atoms. The lowest BCUT2D eigenvalue weighted by Crippen LogP contribution is -2.47. The first-order valence-corrected chi connectivity index (χ1v) is 4.16. The van der Waals surface area contributed by atoms with Gasteiger partial charge in [0.2, 0.25) is 0 Å². The maximum absolute atomic E-state index is 9.42. The highest BCUT2D eigenvalue weighted by Gasteiger charge is 2.47. The molecule has 2 aliphatic rings. The third kappa shape index (κ3) is 1.06. The van der Waals surface area contributed by atoms with Gasteiger partial charge < -0.3 is 10.4 Å². The van der Waals surface area contributed by atoms with Crippen LogP contribution in [-0.2, 0) is 0 Å². The Hall–Kier alpha value is -0.0800. The normalized spacial score (nSPS) is 43.8. The molecule has 0 aromatic heterocycles. The summed E-state index contributed by atoms with van der Waals surface area (Å²) in [4.78, 5) is 0. The van der Waals surface area contributed by atoms with Gasteiger partial charge in [-0.05, 0) is 32.6 Å². The van der Waals surface area contributed by atoms with E-state index in [0.717, 1.165) is 12.8 Å². The average molecular weight is 141 g/mol. The molecule has 2 rings (SSSR count). The number of hydrogen-bond donors (Lipinski definition) is 2. The van der Waals surface area contributed by atoms with E-state index in [2.05, 4.69) is 12.2 Å². The van der Waals surface area contributed by atoms with Crippen LogP contribution >= 0.6 is 0 Å². The molecule has 0 unspecified atom stereocenters. The Labute approximate surface area is 61.6 Å². The van der Waals surface area contributed by atoms with Crippen LogP contribution in [0.1, 0.15) is 32.6 Å². The van der Waals surface area contributed by atoms with Gasteiger partial charge in [0.1, 0.15) is 0 Å². The molecule has 1 aliphatic carbocycles. The van der Waals surface area contributed by atoms with E-state index < -0.39 is 0 Å². The van der Waals surface area contributed by atoms with Gasteiger partial charge in [0.05, 0.1) is 6.10 Å². The van der Waals surface area contributed by atoms with Crippen molar-refractivity contribution in [1.82, 2.24) is 5.32 Å². The van der Waals surface area contributed by atoms with Gasteiger partial charge in [-0.1, -0.05) is 0 Å². The van der Waals surface area contributed by atoms with Crippen molar-refractivity contribution < 1.29 is 5.11 Å². The summed E-state index contributed by atoms with van der Waals surface area (Å²) in [5.41, 5.74) is 0.372. The predicted octanol–water partition coefficient (Wildman–Crippen LogP) is 0.652. The largest absolute Gasteiger partial charge is 0.393 e. The van der Waals surface area contributed by atoms with Crippen molar-refractivity contribution in [2.24, 2.45) is 0 Å². The molecule has 58 valence electrons. The molecule has 2 N–H and O–H groups in total. The molecule has 1 aliphatic heterocycles. The maximum Gasteiger partial charge on any atom is 0.0572 e. The molecule has 2 heteroatoms. The first kappa shape index (κ1) is 6.62. The summed E-state index contributed by atoms with van der Waals surface area (Å²) in [5.74, 6) is 0. The van der Waals surface area contributed by atoms with E-state index in [9.17, 15) is 5.11 Å². The van der Waals surface area contributed by atoms with Gasteiger partial charge in [-0.15, -0.1) is 0 Å². The second-order valence-corrected chi connectivity index (χ2v) is 3.92. The fraction of sp³-hybridized carbons (Fsp3) is 1.00. The maximum atomic E-state index is 9.42. The fourth-order valence-electron chi connectivity index (χ4n) is 2.08. The molecule has 2 nitrogen and oxygen atoms in total.